The second-order valence-electron chi connectivity index (χ2n) is 7.65. The molecule has 0 aliphatic heterocycles. The molecule has 7 nitrogen and oxygen atoms in total. The first-order chi connectivity index (χ1) is 16.1. The number of benzene rings is 2. The van der Waals surface area contributed by atoms with E-state index in [0.29, 0.717) is 22.8 Å². The van der Waals surface area contributed by atoms with Crippen molar-refractivity contribution in [1.82, 2.24) is 9.97 Å². The summed E-state index contributed by atoms with van der Waals surface area (Å²) in [5.41, 5.74) is 9.93. The van der Waals surface area contributed by atoms with Crippen molar-refractivity contribution < 1.29 is 14.3 Å². The number of hydrogen-bond acceptors (Lipinski definition) is 6. The van der Waals surface area contributed by atoms with Crippen LogP contribution in [0.15, 0.2) is 89.4 Å². The van der Waals surface area contributed by atoms with Crippen molar-refractivity contribution in [3.05, 3.63) is 95.8 Å². The van der Waals surface area contributed by atoms with Gasteiger partial charge in [0.2, 0.25) is 11.7 Å². The van der Waals surface area contributed by atoms with Gasteiger partial charge in [-0.1, -0.05) is 30.9 Å². The van der Waals surface area contributed by atoms with Crippen molar-refractivity contribution in [3.8, 4) is 5.75 Å². The van der Waals surface area contributed by atoms with Gasteiger partial charge in [0, 0.05) is 18.9 Å². The number of H-pyrrole nitrogens is 1. The summed E-state index contributed by atoms with van der Waals surface area (Å²) in [6.45, 7) is 3.68. The first-order valence-electron chi connectivity index (χ1n) is 10.7. The molecule has 0 fully saturated rings. The van der Waals surface area contributed by atoms with Gasteiger partial charge in [0.1, 0.15) is 11.4 Å². The van der Waals surface area contributed by atoms with E-state index in [1.165, 1.54) is 0 Å². The molecule has 1 heterocycles. The van der Waals surface area contributed by atoms with Crippen LogP contribution in [0.2, 0.25) is 0 Å². The maximum absolute atomic E-state index is 12.8. The third-order valence-electron chi connectivity index (χ3n) is 5.49. The predicted octanol–water partition coefficient (Wildman–Crippen LogP) is 4.68. The highest BCUT2D eigenvalue weighted by molar-refractivity contribution is 6.08. The lowest BCUT2D eigenvalue weighted by atomic mass is 9.95. The van der Waals surface area contributed by atoms with E-state index in [9.17, 15) is 4.79 Å². The van der Waals surface area contributed by atoms with E-state index < -0.39 is 0 Å². The first kappa shape index (κ1) is 22.2. The van der Waals surface area contributed by atoms with Crippen LogP contribution in [0.4, 0.5) is 0 Å². The molecule has 0 bridgehead atoms. The third kappa shape index (κ3) is 5.10. The number of nitrogens with zero attached hydrogens (tertiary/aromatic N) is 2. The molecule has 0 spiro atoms. The third-order valence-corrected chi connectivity index (χ3v) is 5.49. The van der Waals surface area contributed by atoms with E-state index in [4.69, 9.17) is 15.2 Å². The Morgan fingerprint density at radius 1 is 1.24 bits per heavy atom. The number of ketones is 1. The van der Waals surface area contributed by atoms with Crippen LogP contribution >= 0.6 is 0 Å². The summed E-state index contributed by atoms with van der Waals surface area (Å²) in [4.78, 5) is 24.7. The van der Waals surface area contributed by atoms with Crippen LogP contribution in [-0.4, -0.2) is 35.2 Å². The van der Waals surface area contributed by atoms with Gasteiger partial charge in [0.15, 0.2) is 5.82 Å². The van der Waals surface area contributed by atoms with E-state index in [-0.39, 0.29) is 17.8 Å². The SMILES string of the molecule is C=C/C=N\C(C1=CC[C@H](OC)CC1)=C(/N)Oc1ccc(C(=O)c2nc3ccccc3[nH]2)cc1. The highest BCUT2D eigenvalue weighted by Crippen LogP contribution is 2.28. The molecule has 2 aromatic carbocycles. The van der Waals surface area contributed by atoms with Gasteiger partial charge in [-0.05, 0) is 61.2 Å². The van der Waals surface area contributed by atoms with Crippen molar-refractivity contribution in [3.63, 3.8) is 0 Å². The number of hydrogen-bond donors (Lipinski definition) is 2. The van der Waals surface area contributed by atoms with Crippen LogP contribution in [0.25, 0.3) is 11.0 Å². The van der Waals surface area contributed by atoms with Crippen molar-refractivity contribution in [1.29, 1.82) is 0 Å². The molecule has 1 aromatic heterocycles. The number of fused-ring (bicyclic) bond motifs is 1. The minimum absolute atomic E-state index is 0.187. The van der Waals surface area contributed by atoms with Crippen LogP contribution in [-0.2, 0) is 4.74 Å². The zero-order valence-corrected chi connectivity index (χ0v) is 18.5. The fourth-order valence-corrected chi connectivity index (χ4v) is 3.72. The van der Waals surface area contributed by atoms with Gasteiger partial charge in [0.25, 0.3) is 0 Å². The average molecular weight is 443 g/mol. The Bertz CT molecular complexity index is 1220. The molecule has 4 rings (SSSR count). The summed E-state index contributed by atoms with van der Waals surface area (Å²) in [7, 11) is 1.72. The van der Waals surface area contributed by atoms with Crippen LogP contribution in [0.5, 0.6) is 5.75 Å². The lowest BCUT2D eigenvalue weighted by Gasteiger charge is -2.21. The molecule has 1 aliphatic rings. The number of nitrogens with two attached hydrogens (primary N) is 1. The highest BCUT2D eigenvalue weighted by Gasteiger charge is 2.19. The lowest BCUT2D eigenvalue weighted by Crippen LogP contribution is -2.17. The topological polar surface area (TPSA) is 103 Å². The largest absolute Gasteiger partial charge is 0.439 e. The summed E-state index contributed by atoms with van der Waals surface area (Å²) in [5.74, 6) is 0.791. The molecule has 0 saturated heterocycles. The second kappa shape index (κ2) is 10.1. The number of nitrogens with one attached hydrogen (secondary N) is 1. The summed E-state index contributed by atoms with van der Waals surface area (Å²) >= 11 is 0. The molecule has 7 heteroatoms. The number of allylic oxidation sites excluding steroid dienone is 2. The minimum Gasteiger partial charge on any atom is -0.439 e. The Hall–Kier alpha value is -3.97. The number of imidazole rings is 1. The molecule has 1 aliphatic carbocycles. The summed E-state index contributed by atoms with van der Waals surface area (Å²) in [6, 6.07) is 14.3. The molecule has 0 unspecified atom stereocenters. The predicted molar refractivity (Wildman–Crippen MR) is 129 cm³/mol. The smallest absolute Gasteiger partial charge is 0.228 e. The number of aliphatic imine (C=N–C) groups is 1. The van der Waals surface area contributed by atoms with E-state index in [0.717, 1.165) is 35.9 Å². The monoisotopic (exact) mass is 442 g/mol. The normalized spacial score (nSPS) is 17.0. The maximum atomic E-state index is 12.8. The molecule has 0 saturated carbocycles. The molecule has 0 radical (unpaired) electrons. The van der Waals surface area contributed by atoms with Gasteiger partial charge in [-0.2, -0.15) is 0 Å². The molecular weight excluding hydrogens is 416 g/mol. The van der Waals surface area contributed by atoms with Crippen molar-refractivity contribution >= 4 is 23.0 Å². The first-order valence-corrected chi connectivity index (χ1v) is 10.7. The number of ether oxygens (including phenoxy) is 2. The number of carbonyl (C=O) groups excluding carboxylic acids is 1. The fourth-order valence-electron chi connectivity index (χ4n) is 3.72. The Balaban J connectivity index is 1.53. The van der Waals surface area contributed by atoms with Crippen molar-refractivity contribution in [2.45, 2.75) is 25.4 Å². The molecule has 0 amide bonds. The summed E-state index contributed by atoms with van der Waals surface area (Å²) in [5, 5.41) is 0. The number of para-hydroxylation sites is 2. The van der Waals surface area contributed by atoms with Gasteiger partial charge >= 0.3 is 0 Å². The van der Waals surface area contributed by atoms with Gasteiger partial charge in [-0.3, -0.25) is 9.79 Å². The Kier molecular flexibility index (Phi) is 6.80. The lowest BCUT2D eigenvalue weighted by molar-refractivity contribution is 0.0942. The highest BCUT2D eigenvalue weighted by atomic mass is 16.5. The van der Waals surface area contributed by atoms with Crippen LogP contribution in [0, 0.1) is 0 Å². The molecule has 168 valence electrons. The average Bonchev–Trinajstić information content (AvgIpc) is 3.29. The van der Waals surface area contributed by atoms with E-state index >= 15 is 0 Å². The summed E-state index contributed by atoms with van der Waals surface area (Å²) in [6.07, 6.45) is 7.94. The molecule has 33 heavy (non-hydrogen) atoms. The number of carbonyl (C=O) groups is 1. The Morgan fingerprint density at radius 3 is 2.70 bits per heavy atom. The number of rotatable bonds is 8. The fraction of sp³-hybridized carbons (Fsp3) is 0.192. The van der Waals surface area contributed by atoms with Crippen LogP contribution in [0.3, 0.4) is 0 Å². The maximum Gasteiger partial charge on any atom is 0.228 e. The van der Waals surface area contributed by atoms with Crippen molar-refractivity contribution in [2.24, 2.45) is 10.7 Å². The minimum atomic E-state index is -0.197. The standard InChI is InChI=1S/C26H26N4O3/c1-3-16-28-23(17-8-12-19(32-2)13-9-17)25(27)33-20-14-10-18(11-15-20)24(31)26-29-21-6-4-5-7-22(21)30-26/h3-8,10-11,14-16,19H,1,9,12-13,27H2,2H3,(H,29,30)/b25-23+,28-16-/t19-/m0/s1. The zero-order valence-electron chi connectivity index (χ0n) is 18.5. The summed E-state index contributed by atoms with van der Waals surface area (Å²) < 4.78 is 11.3. The van der Waals surface area contributed by atoms with Gasteiger partial charge in [-0.15, -0.1) is 0 Å². The second-order valence-corrected chi connectivity index (χ2v) is 7.65. The van der Waals surface area contributed by atoms with E-state index in [1.54, 1.807) is 43.7 Å². The van der Waals surface area contributed by atoms with E-state index in [2.05, 4.69) is 27.6 Å². The number of methoxy groups -OCH3 is 1. The Morgan fingerprint density at radius 2 is 2.03 bits per heavy atom. The van der Waals surface area contributed by atoms with Crippen LogP contribution < -0.4 is 10.5 Å². The van der Waals surface area contributed by atoms with Crippen LogP contribution in [0.1, 0.15) is 35.4 Å². The van der Waals surface area contributed by atoms with Crippen molar-refractivity contribution in [2.75, 3.05) is 7.11 Å². The van der Waals surface area contributed by atoms with E-state index in [1.807, 2.05) is 24.3 Å². The molecule has 3 aromatic rings. The van der Waals surface area contributed by atoms with Gasteiger partial charge in [-0.25, -0.2) is 4.98 Å². The zero-order chi connectivity index (χ0) is 23.2. The van der Waals surface area contributed by atoms with Gasteiger partial charge in [0.05, 0.1) is 17.1 Å². The Labute approximate surface area is 192 Å². The number of aromatic amines is 1. The quantitative estimate of drug-likeness (QED) is 0.299. The van der Waals surface area contributed by atoms with Gasteiger partial charge < -0.3 is 20.2 Å². The molecule has 1 atom stereocenters. The molecule has 3 N–H and O–H groups in total. The molecular formula is C26H26N4O3. The number of aromatic nitrogens is 2.